The molecule has 1 N–H and O–H groups in total. The summed E-state index contributed by atoms with van der Waals surface area (Å²) in [7, 11) is 0. The number of hydrogen-bond acceptors (Lipinski definition) is 3. The number of nitrogens with zero attached hydrogens (tertiary/aromatic N) is 2. The molecule has 0 rings (SSSR count). The lowest BCUT2D eigenvalue weighted by Gasteiger charge is -2.21. The minimum absolute atomic E-state index is 0.226. The molecule has 94 valence electrons. The van der Waals surface area contributed by atoms with Crippen molar-refractivity contribution in [2.45, 2.75) is 38.8 Å². The van der Waals surface area contributed by atoms with Crippen molar-refractivity contribution in [1.29, 1.82) is 0 Å². The fourth-order valence-electron chi connectivity index (χ4n) is 1.01. The van der Waals surface area contributed by atoms with Crippen molar-refractivity contribution in [3.63, 3.8) is 0 Å². The van der Waals surface area contributed by atoms with Crippen LogP contribution < -0.4 is 5.32 Å². The summed E-state index contributed by atoms with van der Waals surface area (Å²) in [6, 6.07) is -0.835. The van der Waals surface area contributed by atoms with Crippen LogP contribution in [0.5, 0.6) is 0 Å². The van der Waals surface area contributed by atoms with Gasteiger partial charge in [0.2, 0.25) is 0 Å². The molecule has 0 saturated carbocycles. The van der Waals surface area contributed by atoms with E-state index >= 15 is 0 Å². The Bertz CT molecular complexity index is 351. The van der Waals surface area contributed by atoms with Gasteiger partial charge in [0, 0.05) is 0 Å². The highest BCUT2D eigenvalue weighted by Crippen LogP contribution is 2.07. The van der Waals surface area contributed by atoms with Crippen LogP contribution in [0.3, 0.4) is 0 Å². The first-order valence-electron chi connectivity index (χ1n) is 5.12. The van der Waals surface area contributed by atoms with Crippen LogP contribution in [0, 0.1) is 0 Å². The number of Topliss-reactive ketones (excluding diaryl/α,β-unsaturated/α-hetero) is 1. The molecule has 6 nitrogen and oxygen atoms in total. The number of carbonyl (C=O) groups is 2. The van der Waals surface area contributed by atoms with Gasteiger partial charge >= 0.3 is 12.3 Å². The predicted octanol–water partition coefficient (Wildman–Crippen LogP) is 1.33. The van der Waals surface area contributed by atoms with Crippen molar-refractivity contribution in [3.05, 3.63) is 18.2 Å². The third-order valence-corrected chi connectivity index (χ3v) is 1.62. The number of ether oxygens (including phenoxy) is 1. The molecular weight excluding hydrogens is 222 g/mol. The molecule has 0 aliphatic carbocycles. The Morgan fingerprint density at radius 2 is 2.12 bits per heavy atom. The third-order valence-electron chi connectivity index (χ3n) is 1.62. The first-order chi connectivity index (χ1) is 7.80. The van der Waals surface area contributed by atoms with Crippen LogP contribution in [-0.4, -0.2) is 34.5 Å². The van der Waals surface area contributed by atoms with Crippen LogP contribution >= 0.6 is 0 Å². The molecule has 0 heterocycles. The summed E-state index contributed by atoms with van der Waals surface area (Å²) in [6.45, 7) is 8.62. The fraction of sp³-hybridized carbons (Fsp3) is 0.545. The summed E-state index contributed by atoms with van der Waals surface area (Å²) in [6.07, 6.45) is 1.73. The van der Waals surface area contributed by atoms with Crippen LogP contribution in [0.15, 0.2) is 12.7 Å². The number of rotatable bonds is 5. The maximum absolute atomic E-state index is 11.4. The summed E-state index contributed by atoms with van der Waals surface area (Å²) in [5.74, 6) is -0.529. The standard InChI is InChI=1S/C11H17N3O3/c1-5-6-8(9(15)7-13-12)14-10(16)17-11(2,3)4/h5,7-8H,1,6H2,2-4H3,(H,14,16). The summed E-state index contributed by atoms with van der Waals surface area (Å²) >= 11 is 0. The molecule has 0 radical (unpaired) electrons. The monoisotopic (exact) mass is 239 g/mol. The molecule has 1 unspecified atom stereocenters. The first kappa shape index (κ1) is 15.1. The van der Waals surface area contributed by atoms with Gasteiger partial charge in [-0.2, -0.15) is 4.79 Å². The highest BCUT2D eigenvalue weighted by molar-refractivity contribution is 6.28. The van der Waals surface area contributed by atoms with E-state index < -0.39 is 23.5 Å². The van der Waals surface area contributed by atoms with Gasteiger partial charge in [-0.3, -0.25) is 4.79 Å². The SMILES string of the molecule is C=CCC(NC(=O)OC(C)(C)C)C(=O)C=[N+]=[N-]. The van der Waals surface area contributed by atoms with E-state index in [0.29, 0.717) is 0 Å². The first-order valence-corrected chi connectivity index (χ1v) is 5.12. The fourth-order valence-corrected chi connectivity index (χ4v) is 1.01. The average Bonchev–Trinajstić information content (AvgIpc) is 2.14. The van der Waals surface area contributed by atoms with Gasteiger partial charge in [0.1, 0.15) is 11.6 Å². The molecule has 0 bridgehead atoms. The Balaban J connectivity index is 4.54. The van der Waals surface area contributed by atoms with E-state index in [2.05, 4.69) is 16.7 Å². The van der Waals surface area contributed by atoms with Gasteiger partial charge in [-0.05, 0) is 27.2 Å². The summed E-state index contributed by atoms with van der Waals surface area (Å²) in [5.41, 5.74) is 7.61. The maximum Gasteiger partial charge on any atom is 0.408 e. The summed E-state index contributed by atoms with van der Waals surface area (Å²) in [4.78, 5) is 25.5. The lowest BCUT2D eigenvalue weighted by atomic mass is 10.1. The van der Waals surface area contributed by atoms with Gasteiger partial charge in [-0.15, -0.1) is 6.58 Å². The van der Waals surface area contributed by atoms with Crippen molar-refractivity contribution in [3.8, 4) is 0 Å². The second-order valence-electron chi connectivity index (χ2n) is 4.37. The normalized spacial score (nSPS) is 11.9. The largest absolute Gasteiger partial charge is 0.444 e. The van der Waals surface area contributed by atoms with Gasteiger partial charge in [0.05, 0.1) is 0 Å². The molecule has 0 saturated heterocycles. The van der Waals surface area contributed by atoms with Crippen molar-refractivity contribution in [2.75, 3.05) is 0 Å². The van der Waals surface area contributed by atoms with E-state index in [9.17, 15) is 9.59 Å². The molecule has 17 heavy (non-hydrogen) atoms. The molecule has 1 amide bonds. The molecule has 0 aliphatic heterocycles. The lowest BCUT2D eigenvalue weighted by Crippen LogP contribution is -2.43. The number of hydrogen-bond donors (Lipinski definition) is 1. The van der Waals surface area contributed by atoms with E-state index in [1.807, 2.05) is 0 Å². The zero-order valence-electron chi connectivity index (χ0n) is 10.3. The van der Waals surface area contributed by atoms with Crippen LogP contribution in [0.1, 0.15) is 27.2 Å². The molecule has 0 aromatic heterocycles. The summed E-state index contributed by atoms with van der Waals surface area (Å²) < 4.78 is 5.00. The highest BCUT2D eigenvalue weighted by atomic mass is 16.6. The molecule has 1 atom stereocenters. The van der Waals surface area contributed by atoms with Crippen molar-refractivity contribution < 1.29 is 19.1 Å². The number of nitrogens with one attached hydrogen (secondary N) is 1. The molecule has 0 aromatic rings. The zero-order valence-corrected chi connectivity index (χ0v) is 10.3. The van der Waals surface area contributed by atoms with Gasteiger partial charge in [0.25, 0.3) is 5.78 Å². The van der Waals surface area contributed by atoms with Crippen LogP contribution in [0.25, 0.3) is 5.53 Å². The topological polar surface area (TPSA) is 91.8 Å². The predicted molar refractivity (Wildman–Crippen MR) is 62.7 cm³/mol. The number of amides is 1. The average molecular weight is 239 g/mol. The van der Waals surface area contributed by atoms with Crippen molar-refractivity contribution in [2.24, 2.45) is 0 Å². The third kappa shape index (κ3) is 7.03. The molecule has 6 heteroatoms. The minimum atomic E-state index is -0.835. The van der Waals surface area contributed by atoms with Crippen LogP contribution in [-0.2, 0) is 9.53 Å². The van der Waals surface area contributed by atoms with Crippen LogP contribution in [0.2, 0.25) is 0 Å². The zero-order chi connectivity index (χ0) is 13.5. The Kier molecular flexibility index (Phi) is 5.85. The minimum Gasteiger partial charge on any atom is -0.444 e. The van der Waals surface area contributed by atoms with E-state index in [4.69, 9.17) is 10.3 Å². The summed E-state index contributed by atoms with van der Waals surface area (Å²) in [5, 5.41) is 2.37. The molecule has 0 aromatic carbocycles. The molecule has 0 aliphatic rings. The van der Waals surface area contributed by atoms with Crippen molar-refractivity contribution in [1.82, 2.24) is 5.32 Å². The molecule has 0 fully saturated rings. The smallest absolute Gasteiger partial charge is 0.408 e. The van der Waals surface area contributed by atoms with E-state index in [1.165, 1.54) is 6.08 Å². The highest BCUT2D eigenvalue weighted by Gasteiger charge is 2.24. The molecular formula is C11H17N3O3. The van der Waals surface area contributed by atoms with Gasteiger partial charge < -0.3 is 15.6 Å². The molecule has 0 spiro atoms. The Morgan fingerprint density at radius 1 is 1.53 bits per heavy atom. The van der Waals surface area contributed by atoms with E-state index in [1.54, 1.807) is 20.8 Å². The van der Waals surface area contributed by atoms with E-state index in [-0.39, 0.29) is 6.42 Å². The second kappa shape index (κ2) is 6.60. The number of alkyl carbamates (subject to hydrolysis) is 1. The van der Waals surface area contributed by atoms with Crippen LogP contribution in [0.4, 0.5) is 4.79 Å². The van der Waals surface area contributed by atoms with Gasteiger partial charge in [-0.1, -0.05) is 6.08 Å². The Hall–Kier alpha value is -1.94. The van der Waals surface area contributed by atoms with Gasteiger partial charge in [0.15, 0.2) is 0 Å². The number of carbonyl (C=O) groups excluding carboxylic acids is 2. The Labute approximate surface area is 100 Å². The van der Waals surface area contributed by atoms with E-state index in [0.717, 1.165) is 6.21 Å². The Morgan fingerprint density at radius 3 is 2.53 bits per heavy atom. The number of ketones is 1. The quantitative estimate of drug-likeness (QED) is 0.339. The second-order valence-corrected chi connectivity index (χ2v) is 4.37. The van der Waals surface area contributed by atoms with Crippen molar-refractivity contribution >= 4 is 18.1 Å². The van der Waals surface area contributed by atoms with Gasteiger partial charge in [-0.25, -0.2) is 4.79 Å². The maximum atomic E-state index is 11.4. The lowest BCUT2D eigenvalue weighted by molar-refractivity contribution is -0.117.